The van der Waals surface area contributed by atoms with Crippen LogP contribution in [0.15, 0.2) is 59.8 Å². The number of carboxylic acid groups (broad SMARTS) is 1. The number of pyridine rings is 1. The van der Waals surface area contributed by atoms with Gasteiger partial charge in [0.1, 0.15) is 19.0 Å². The van der Waals surface area contributed by atoms with Gasteiger partial charge < -0.3 is 19.3 Å². The van der Waals surface area contributed by atoms with Gasteiger partial charge in [0.25, 0.3) is 0 Å². The molecule has 0 saturated carbocycles. The molecule has 0 fully saturated rings. The normalized spacial score (nSPS) is 10.9. The number of hydrogen-bond acceptors (Lipinski definition) is 6. The van der Waals surface area contributed by atoms with Gasteiger partial charge in [-0.3, -0.25) is 0 Å². The van der Waals surface area contributed by atoms with Crippen molar-refractivity contribution in [1.29, 1.82) is 0 Å². The number of esters is 1. The maximum Gasteiger partial charge on any atom is 0.358 e. The minimum Gasteiger partial charge on any atom is -0.497 e. The van der Waals surface area contributed by atoms with Crippen LogP contribution in [0.4, 0.5) is 0 Å². The quantitative estimate of drug-likeness (QED) is 0.379. The van der Waals surface area contributed by atoms with Gasteiger partial charge in [0.05, 0.1) is 12.7 Å². The van der Waals surface area contributed by atoms with E-state index in [9.17, 15) is 14.7 Å². The molecule has 170 valence electrons. The molecule has 0 aliphatic rings. The van der Waals surface area contributed by atoms with Gasteiger partial charge in [0, 0.05) is 6.20 Å². The molecule has 2 aromatic rings. The Hall–Kier alpha value is -3.61. The highest BCUT2D eigenvalue weighted by molar-refractivity contribution is 5.93. The number of hydrogen-bond donors (Lipinski definition) is 1. The number of aromatic carboxylic acids is 1. The molecule has 0 amide bonds. The summed E-state index contributed by atoms with van der Waals surface area (Å²) in [5.41, 5.74) is 3.01. The maximum atomic E-state index is 12.4. The van der Waals surface area contributed by atoms with Crippen LogP contribution in [0.1, 0.15) is 60.0 Å². The topological polar surface area (TPSA) is 95.0 Å². The summed E-state index contributed by atoms with van der Waals surface area (Å²) in [4.78, 5) is 27.8. The molecule has 7 heteroatoms. The lowest BCUT2D eigenvalue weighted by molar-refractivity contribution is 0.0545. The van der Waals surface area contributed by atoms with Gasteiger partial charge in [-0.25, -0.2) is 14.6 Å². The fourth-order valence-electron chi connectivity index (χ4n) is 2.78. The van der Waals surface area contributed by atoms with E-state index >= 15 is 0 Å². The van der Waals surface area contributed by atoms with Crippen molar-refractivity contribution in [3.63, 3.8) is 0 Å². The predicted octanol–water partition coefficient (Wildman–Crippen LogP) is 5.22. The Balaban J connectivity index is 2.04. The van der Waals surface area contributed by atoms with E-state index in [1.807, 2.05) is 19.1 Å². The number of benzene rings is 1. The zero-order valence-corrected chi connectivity index (χ0v) is 18.9. The summed E-state index contributed by atoms with van der Waals surface area (Å²) in [5, 5.41) is 9.39. The fraction of sp³-hybridized carbons (Fsp3) is 0.320. The van der Waals surface area contributed by atoms with Crippen molar-refractivity contribution in [2.24, 2.45) is 0 Å². The molecule has 32 heavy (non-hydrogen) atoms. The van der Waals surface area contributed by atoms with E-state index < -0.39 is 11.9 Å². The second-order valence-electron chi connectivity index (χ2n) is 7.49. The first kappa shape index (κ1) is 24.7. The van der Waals surface area contributed by atoms with Crippen LogP contribution in [0, 0.1) is 0 Å². The minimum absolute atomic E-state index is 0.0109. The summed E-state index contributed by atoms with van der Waals surface area (Å²) in [7, 11) is 1.56. The second-order valence-corrected chi connectivity index (χ2v) is 7.49. The molecule has 7 nitrogen and oxygen atoms in total. The Kier molecular flexibility index (Phi) is 9.47. The van der Waals surface area contributed by atoms with Crippen molar-refractivity contribution in [3.8, 4) is 11.5 Å². The first-order valence-corrected chi connectivity index (χ1v) is 10.2. The summed E-state index contributed by atoms with van der Waals surface area (Å²) >= 11 is 0. The van der Waals surface area contributed by atoms with Crippen molar-refractivity contribution in [2.75, 3.05) is 13.7 Å². The molecule has 1 aromatic heterocycles. The van der Waals surface area contributed by atoms with Crippen LogP contribution in [-0.4, -0.2) is 35.7 Å². The molecule has 1 heterocycles. The summed E-state index contributed by atoms with van der Waals surface area (Å²) in [6.07, 6.45) is 7.02. The molecule has 0 bridgehead atoms. The number of allylic oxidation sites excluding steroid dienone is 3. The third-order valence-corrected chi connectivity index (χ3v) is 4.56. The molecule has 1 N–H and O–H groups in total. The lowest BCUT2D eigenvalue weighted by Crippen LogP contribution is -2.11. The summed E-state index contributed by atoms with van der Waals surface area (Å²) in [5.74, 6) is -1.21. The Morgan fingerprint density at radius 1 is 1.12 bits per heavy atom. The number of aromatic nitrogens is 1. The molecule has 1 aromatic carbocycles. The molecule has 0 aliphatic heterocycles. The summed E-state index contributed by atoms with van der Waals surface area (Å²) in [6, 6.07) is 8.53. The SMILES string of the molecule is COc1cccc(COc2cc(C(=O)OCC=C(C)CCC=C(C)C)cnc2C(=O)O)c1. The molecule has 0 unspecified atom stereocenters. The smallest absolute Gasteiger partial charge is 0.358 e. The Labute approximate surface area is 188 Å². The lowest BCUT2D eigenvalue weighted by Gasteiger charge is -2.11. The molecule has 2 rings (SSSR count). The van der Waals surface area contributed by atoms with Crippen LogP contribution >= 0.6 is 0 Å². The molecular weight excluding hydrogens is 410 g/mol. The highest BCUT2D eigenvalue weighted by atomic mass is 16.5. The number of nitrogens with zero attached hydrogens (tertiary/aromatic N) is 1. The van der Waals surface area contributed by atoms with Crippen molar-refractivity contribution >= 4 is 11.9 Å². The highest BCUT2D eigenvalue weighted by Crippen LogP contribution is 2.21. The monoisotopic (exact) mass is 439 g/mol. The average molecular weight is 440 g/mol. The van der Waals surface area contributed by atoms with Gasteiger partial charge in [-0.05, 0) is 63.5 Å². The van der Waals surface area contributed by atoms with Gasteiger partial charge in [0.15, 0.2) is 11.4 Å². The number of methoxy groups -OCH3 is 1. The number of carbonyl (C=O) groups excluding carboxylic acids is 1. The number of carbonyl (C=O) groups is 2. The molecule has 0 saturated heterocycles. The van der Waals surface area contributed by atoms with Gasteiger partial charge >= 0.3 is 11.9 Å². The van der Waals surface area contributed by atoms with Crippen LogP contribution in [0.25, 0.3) is 0 Å². The van der Waals surface area contributed by atoms with Crippen LogP contribution in [0.3, 0.4) is 0 Å². The number of carboxylic acids is 1. The minimum atomic E-state index is -1.25. The van der Waals surface area contributed by atoms with Gasteiger partial charge in [-0.1, -0.05) is 29.4 Å². The van der Waals surface area contributed by atoms with Crippen molar-refractivity contribution in [1.82, 2.24) is 4.98 Å². The molecule has 0 atom stereocenters. The third-order valence-electron chi connectivity index (χ3n) is 4.56. The van der Waals surface area contributed by atoms with Gasteiger partial charge in [-0.15, -0.1) is 0 Å². The summed E-state index contributed by atoms with van der Waals surface area (Å²) in [6.45, 7) is 6.31. The zero-order chi connectivity index (χ0) is 23.5. The van der Waals surface area contributed by atoms with E-state index in [-0.39, 0.29) is 30.2 Å². The Morgan fingerprint density at radius 3 is 2.59 bits per heavy atom. The van der Waals surface area contributed by atoms with E-state index in [0.717, 1.165) is 24.0 Å². The third kappa shape index (κ3) is 7.91. The van der Waals surface area contributed by atoms with Crippen molar-refractivity contribution < 1.29 is 28.9 Å². The van der Waals surface area contributed by atoms with Crippen LogP contribution in [0.5, 0.6) is 11.5 Å². The average Bonchev–Trinajstić information content (AvgIpc) is 2.77. The maximum absolute atomic E-state index is 12.4. The molecule has 0 spiro atoms. The van der Waals surface area contributed by atoms with Gasteiger partial charge in [-0.2, -0.15) is 0 Å². The molecule has 0 radical (unpaired) electrons. The van der Waals surface area contributed by atoms with Gasteiger partial charge in [0.2, 0.25) is 0 Å². The number of ether oxygens (including phenoxy) is 3. The number of rotatable bonds is 11. The molecule has 0 aliphatic carbocycles. The Morgan fingerprint density at radius 2 is 1.91 bits per heavy atom. The lowest BCUT2D eigenvalue weighted by atomic mass is 10.1. The van der Waals surface area contributed by atoms with E-state index in [2.05, 4.69) is 24.9 Å². The largest absolute Gasteiger partial charge is 0.497 e. The Bertz CT molecular complexity index is 1010. The van der Waals surface area contributed by atoms with E-state index in [1.54, 1.807) is 25.3 Å². The fourth-order valence-corrected chi connectivity index (χ4v) is 2.78. The highest BCUT2D eigenvalue weighted by Gasteiger charge is 2.18. The molecular formula is C25H29NO6. The van der Waals surface area contributed by atoms with E-state index in [1.165, 1.54) is 17.8 Å². The first-order chi connectivity index (χ1) is 15.3. The predicted molar refractivity (Wildman–Crippen MR) is 121 cm³/mol. The van der Waals surface area contributed by atoms with E-state index in [0.29, 0.717) is 5.75 Å². The first-order valence-electron chi connectivity index (χ1n) is 10.2. The zero-order valence-electron chi connectivity index (χ0n) is 18.9. The van der Waals surface area contributed by atoms with Crippen LogP contribution in [-0.2, 0) is 11.3 Å². The standard InChI is InChI=1S/C25H29NO6/c1-17(2)7-5-8-18(3)11-12-31-25(29)20-14-22(23(24(27)28)26-15-20)32-16-19-9-6-10-21(13-19)30-4/h6-7,9-11,13-15H,5,8,12,16H2,1-4H3,(H,27,28). The second kappa shape index (κ2) is 12.3. The van der Waals surface area contributed by atoms with Crippen LogP contribution < -0.4 is 9.47 Å². The van der Waals surface area contributed by atoms with E-state index in [4.69, 9.17) is 14.2 Å². The van der Waals surface area contributed by atoms with Crippen LogP contribution in [0.2, 0.25) is 0 Å². The summed E-state index contributed by atoms with van der Waals surface area (Å²) < 4.78 is 16.1. The van der Waals surface area contributed by atoms with Crippen molar-refractivity contribution in [2.45, 2.75) is 40.2 Å². The van der Waals surface area contributed by atoms with Crippen molar-refractivity contribution in [3.05, 3.63) is 76.6 Å².